The van der Waals surface area contributed by atoms with Crippen LogP contribution < -0.4 is 4.74 Å². The largest absolute Gasteiger partial charge is 0.490 e. The van der Waals surface area contributed by atoms with Gasteiger partial charge in [-0.1, -0.05) is 0 Å². The maximum Gasteiger partial charge on any atom is 0.120 e. The van der Waals surface area contributed by atoms with Gasteiger partial charge in [0.05, 0.1) is 11.6 Å². The van der Waals surface area contributed by atoms with Crippen molar-refractivity contribution in [3.63, 3.8) is 0 Å². The molecule has 0 atom stereocenters. The van der Waals surface area contributed by atoms with Crippen LogP contribution in [0, 0.1) is 13.8 Å². The summed E-state index contributed by atoms with van der Waals surface area (Å²) in [5, 5.41) is 1.20. The summed E-state index contributed by atoms with van der Waals surface area (Å²) < 4.78 is 5.79. The fraction of sp³-hybridized carbons (Fsp3) is 0.357. The van der Waals surface area contributed by atoms with Crippen molar-refractivity contribution in [1.82, 2.24) is 4.98 Å². The quantitative estimate of drug-likeness (QED) is 0.762. The number of aromatic nitrogens is 1. The number of hydrogen-bond donors (Lipinski definition) is 0. The Labute approximate surface area is 95.3 Å². The summed E-state index contributed by atoms with van der Waals surface area (Å²) in [6.07, 6.45) is 2.85. The molecule has 3 rings (SSSR count). The van der Waals surface area contributed by atoms with Crippen LogP contribution >= 0.6 is 0 Å². The number of nitrogens with zero attached hydrogens (tertiary/aromatic N) is 1. The average Bonchev–Trinajstić information content (AvgIpc) is 3.03. The molecule has 1 heterocycles. The highest BCUT2D eigenvalue weighted by atomic mass is 16.5. The molecule has 0 spiro atoms. The van der Waals surface area contributed by atoms with E-state index in [-0.39, 0.29) is 0 Å². The Morgan fingerprint density at radius 2 is 2.00 bits per heavy atom. The zero-order valence-electron chi connectivity index (χ0n) is 9.66. The van der Waals surface area contributed by atoms with Crippen LogP contribution in [0.4, 0.5) is 0 Å². The zero-order chi connectivity index (χ0) is 11.1. The van der Waals surface area contributed by atoms with E-state index in [4.69, 9.17) is 4.74 Å². The fourth-order valence-electron chi connectivity index (χ4n) is 1.99. The molecule has 0 unspecified atom stereocenters. The van der Waals surface area contributed by atoms with Crippen molar-refractivity contribution < 1.29 is 4.74 Å². The summed E-state index contributed by atoms with van der Waals surface area (Å²) in [6.45, 7) is 4.15. The predicted octanol–water partition coefficient (Wildman–Crippen LogP) is 3.39. The van der Waals surface area contributed by atoms with Gasteiger partial charge in [0.25, 0.3) is 0 Å². The Morgan fingerprint density at radius 3 is 2.75 bits per heavy atom. The van der Waals surface area contributed by atoms with E-state index in [0.717, 1.165) is 17.0 Å². The van der Waals surface area contributed by atoms with E-state index >= 15 is 0 Å². The Morgan fingerprint density at radius 1 is 1.19 bits per heavy atom. The molecule has 1 aromatic heterocycles. The molecule has 1 aliphatic carbocycles. The van der Waals surface area contributed by atoms with E-state index in [1.54, 1.807) is 0 Å². The first kappa shape index (κ1) is 9.64. The van der Waals surface area contributed by atoms with Gasteiger partial charge in [0.1, 0.15) is 5.75 Å². The second kappa shape index (κ2) is 3.48. The second-order valence-electron chi connectivity index (χ2n) is 4.58. The lowest BCUT2D eigenvalue weighted by molar-refractivity contribution is 0.303. The fourth-order valence-corrected chi connectivity index (χ4v) is 1.99. The van der Waals surface area contributed by atoms with Crippen LogP contribution in [0.15, 0.2) is 24.3 Å². The van der Waals surface area contributed by atoms with Crippen molar-refractivity contribution in [2.24, 2.45) is 0 Å². The van der Waals surface area contributed by atoms with Crippen molar-refractivity contribution in [2.75, 3.05) is 0 Å². The maximum atomic E-state index is 5.79. The molecule has 2 heteroatoms. The van der Waals surface area contributed by atoms with Crippen LogP contribution in [0.2, 0.25) is 0 Å². The van der Waals surface area contributed by atoms with Crippen LogP contribution in [-0.2, 0) is 0 Å². The Balaban J connectivity index is 2.08. The van der Waals surface area contributed by atoms with E-state index in [1.165, 1.54) is 23.8 Å². The Hall–Kier alpha value is -1.57. The lowest BCUT2D eigenvalue weighted by Crippen LogP contribution is -1.96. The first-order chi connectivity index (χ1) is 7.72. The first-order valence-corrected chi connectivity index (χ1v) is 5.77. The molecule has 1 saturated carbocycles. The molecule has 2 aromatic rings. The van der Waals surface area contributed by atoms with Gasteiger partial charge in [-0.15, -0.1) is 0 Å². The molecule has 16 heavy (non-hydrogen) atoms. The molecule has 0 saturated heterocycles. The van der Waals surface area contributed by atoms with E-state index in [2.05, 4.69) is 24.0 Å². The molecular formula is C14H15NO. The topological polar surface area (TPSA) is 22.1 Å². The van der Waals surface area contributed by atoms with Crippen LogP contribution in [0.1, 0.15) is 24.1 Å². The normalized spacial score (nSPS) is 15.4. The van der Waals surface area contributed by atoms with Gasteiger partial charge in [0, 0.05) is 11.1 Å². The van der Waals surface area contributed by atoms with Gasteiger partial charge < -0.3 is 4.74 Å². The third kappa shape index (κ3) is 1.75. The highest BCUT2D eigenvalue weighted by Gasteiger charge is 2.23. The predicted molar refractivity (Wildman–Crippen MR) is 64.9 cm³/mol. The minimum atomic E-state index is 0.455. The van der Waals surface area contributed by atoms with Crippen molar-refractivity contribution in [2.45, 2.75) is 32.8 Å². The third-order valence-electron chi connectivity index (χ3n) is 2.94. The smallest absolute Gasteiger partial charge is 0.120 e. The van der Waals surface area contributed by atoms with Crippen molar-refractivity contribution in [3.8, 4) is 5.75 Å². The lowest BCUT2D eigenvalue weighted by Gasteiger charge is -2.07. The summed E-state index contributed by atoms with van der Waals surface area (Å²) in [4.78, 5) is 4.52. The van der Waals surface area contributed by atoms with Crippen LogP contribution in [0.5, 0.6) is 5.75 Å². The molecule has 1 aliphatic rings. The molecule has 1 fully saturated rings. The summed E-state index contributed by atoms with van der Waals surface area (Å²) >= 11 is 0. The summed E-state index contributed by atoms with van der Waals surface area (Å²) in [5.74, 6) is 0.976. The van der Waals surface area contributed by atoms with Gasteiger partial charge in [-0.05, 0) is 56.5 Å². The molecular weight excluding hydrogens is 198 g/mol. The molecule has 0 bridgehead atoms. The van der Waals surface area contributed by atoms with E-state index < -0.39 is 0 Å². The Kier molecular flexibility index (Phi) is 2.10. The number of ether oxygens (including phenoxy) is 1. The van der Waals surface area contributed by atoms with Gasteiger partial charge in [-0.2, -0.15) is 0 Å². The molecule has 0 N–H and O–H groups in total. The number of benzene rings is 1. The highest BCUT2D eigenvalue weighted by Crippen LogP contribution is 2.29. The van der Waals surface area contributed by atoms with E-state index in [9.17, 15) is 0 Å². The number of fused-ring (bicyclic) bond motifs is 1. The molecule has 0 aliphatic heterocycles. The standard InChI is InChI=1S/C14H15NO/c1-9-7-10(2)15-14-6-5-12(8-13(9)14)16-11-3-4-11/h5-8,11H,3-4H2,1-2H3. The number of rotatable bonds is 2. The number of aryl methyl sites for hydroxylation is 2. The lowest BCUT2D eigenvalue weighted by atomic mass is 10.1. The first-order valence-electron chi connectivity index (χ1n) is 5.77. The zero-order valence-corrected chi connectivity index (χ0v) is 9.66. The average molecular weight is 213 g/mol. The van der Waals surface area contributed by atoms with E-state index in [0.29, 0.717) is 6.10 Å². The summed E-state index contributed by atoms with van der Waals surface area (Å²) in [7, 11) is 0. The van der Waals surface area contributed by atoms with Gasteiger partial charge in [-0.25, -0.2) is 0 Å². The Bertz CT molecular complexity index is 544. The minimum absolute atomic E-state index is 0.455. The monoisotopic (exact) mass is 213 g/mol. The number of hydrogen-bond acceptors (Lipinski definition) is 2. The van der Waals surface area contributed by atoms with E-state index in [1.807, 2.05) is 19.1 Å². The maximum absolute atomic E-state index is 5.79. The molecule has 0 amide bonds. The second-order valence-corrected chi connectivity index (χ2v) is 4.58. The van der Waals surface area contributed by atoms with Gasteiger partial charge in [0.2, 0.25) is 0 Å². The third-order valence-corrected chi connectivity index (χ3v) is 2.94. The molecule has 0 radical (unpaired) electrons. The number of pyridine rings is 1. The van der Waals surface area contributed by atoms with Crippen molar-refractivity contribution in [3.05, 3.63) is 35.5 Å². The summed E-state index contributed by atoms with van der Waals surface area (Å²) in [6, 6.07) is 8.29. The molecule has 2 nitrogen and oxygen atoms in total. The molecule has 82 valence electrons. The highest BCUT2D eigenvalue weighted by molar-refractivity contribution is 5.83. The van der Waals surface area contributed by atoms with Gasteiger partial charge >= 0.3 is 0 Å². The van der Waals surface area contributed by atoms with Gasteiger partial charge in [0.15, 0.2) is 0 Å². The van der Waals surface area contributed by atoms with Crippen LogP contribution in [-0.4, -0.2) is 11.1 Å². The van der Waals surface area contributed by atoms with Crippen LogP contribution in [0.3, 0.4) is 0 Å². The van der Waals surface area contributed by atoms with Crippen molar-refractivity contribution in [1.29, 1.82) is 0 Å². The molecule has 1 aromatic carbocycles. The van der Waals surface area contributed by atoms with Crippen LogP contribution in [0.25, 0.3) is 10.9 Å². The minimum Gasteiger partial charge on any atom is -0.490 e. The van der Waals surface area contributed by atoms with Gasteiger partial charge in [-0.3, -0.25) is 4.98 Å². The van der Waals surface area contributed by atoms with Crippen molar-refractivity contribution >= 4 is 10.9 Å². The summed E-state index contributed by atoms with van der Waals surface area (Å²) in [5.41, 5.74) is 3.39. The SMILES string of the molecule is Cc1cc(C)c2cc(OC3CC3)ccc2n1.